The molecule has 4 fully saturated rings. The fraction of sp³-hybridized carbons (Fsp3) is 0.560. The molecule has 1 aromatic carbocycles. The molecule has 0 aliphatic heterocycles. The van der Waals surface area contributed by atoms with Crippen molar-refractivity contribution in [3.63, 3.8) is 0 Å². The molecule has 4 bridgehead atoms. The van der Waals surface area contributed by atoms with Gasteiger partial charge in [0.1, 0.15) is 0 Å². The number of hydrogen-bond donors (Lipinski definition) is 2. The molecule has 1 heterocycles. The van der Waals surface area contributed by atoms with Gasteiger partial charge in [-0.2, -0.15) is 5.10 Å². The summed E-state index contributed by atoms with van der Waals surface area (Å²) in [6, 6.07) is 10.3. The number of nitrogens with one attached hydrogen (secondary N) is 1. The van der Waals surface area contributed by atoms with Crippen LogP contribution >= 0.6 is 0 Å². The van der Waals surface area contributed by atoms with Crippen LogP contribution in [0.3, 0.4) is 0 Å². The van der Waals surface area contributed by atoms with E-state index in [1.54, 1.807) is 4.68 Å². The molecule has 6 nitrogen and oxygen atoms in total. The molecule has 6 rings (SSSR count). The summed E-state index contributed by atoms with van der Waals surface area (Å²) in [4.78, 5) is 25.6. The van der Waals surface area contributed by atoms with Gasteiger partial charge >= 0.3 is 0 Å². The Morgan fingerprint density at radius 1 is 1.10 bits per heavy atom. The van der Waals surface area contributed by atoms with E-state index < -0.39 is 5.41 Å². The van der Waals surface area contributed by atoms with Gasteiger partial charge in [-0.15, -0.1) is 0 Å². The Hall–Kier alpha value is -2.63. The second-order valence-corrected chi connectivity index (χ2v) is 10.7. The van der Waals surface area contributed by atoms with Crippen LogP contribution in [0.1, 0.15) is 51.5 Å². The first-order valence-electron chi connectivity index (χ1n) is 11.4. The van der Waals surface area contributed by atoms with E-state index >= 15 is 0 Å². The van der Waals surface area contributed by atoms with E-state index in [2.05, 4.69) is 10.4 Å². The van der Waals surface area contributed by atoms with Crippen LogP contribution in [0.25, 0.3) is 11.3 Å². The first-order valence-corrected chi connectivity index (χ1v) is 11.4. The summed E-state index contributed by atoms with van der Waals surface area (Å²) in [6.07, 6.45) is 6.75. The number of aromatic nitrogens is 2. The van der Waals surface area contributed by atoms with Crippen molar-refractivity contribution >= 4 is 11.8 Å². The zero-order valence-electron chi connectivity index (χ0n) is 18.6. The van der Waals surface area contributed by atoms with Gasteiger partial charge in [0.15, 0.2) is 0 Å². The summed E-state index contributed by atoms with van der Waals surface area (Å²) < 4.78 is 1.79. The van der Waals surface area contributed by atoms with E-state index in [0.717, 1.165) is 48.9 Å². The molecule has 0 spiro atoms. The van der Waals surface area contributed by atoms with E-state index in [4.69, 9.17) is 5.73 Å². The number of carbonyl (C=O) groups is 2. The largest absolute Gasteiger partial charge is 0.369 e. The maximum Gasteiger partial charge on any atom is 0.230 e. The Bertz CT molecular complexity index is 1010. The Morgan fingerprint density at radius 3 is 2.29 bits per heavy atom. The predicted octanol–water partition coefficient (Wildman–Crippen LogP) is 3.16. The van der Waals surface area contributed by atoms with E-state index in [1.165, 1.54) is 0 Å². The molecule has 2 aromatic rings. The number of amides is 2. The molecule has 2 atom stereocenters. The maximum atomic E-state index is 13.4. The van der Waals surface area contributed by atoms with Crippen LogP contribution in [0.5, 0.6) is 0 Å². The fourth-order valence-electron chi connectivity index (χ4n) is 6.65. The second-order valence-electron chi connectivity index (χ2n) is 10.7. The number of carbonyl (C=O) groups excluding carboxylic acids is 2. The SMILES string of the molecule is Cn1ccc(-c2ccc(C(C)(C)C(=O)NC3C4CC5CC3CC(C(N)=O)(C5)C4)cc2)n1. The monoisotopic (exact) mass is 420 g/mol. The van der Waals surface area contributed by atoms with Gasteiger partial charge in [-0.05, 0) is 75.3 Å². The molecule has 2 unspecified atom stereocenters. The van der Waals surface area contributed by atoms with Crippen molar-refractivity contribution in [1.29, 1.82) is 0 Å². The van der Waals surface area contributed by atoms with Crippen molar-refractivity contribution in [2.75, 3.05) is 0 Å². The van der Waals surface area contributed by atoms with Crippen LogP contribution < -0.4 is 11.1 Å². The van der Waals surface area contributed by atoms with Crippen molar-refractivity contribution < 1.29 is 9.59 Å². The average molecular weight is 421 g/mol. The molecule has 4 saturated carbocycles. The Kier molecular flexibility index (Phi) is 4.54. The van der Waals surface area contributed by atoms with Crippen LogP contribution in [0.4, 0.5) is 0 Å². The molecule has 0 radical (unpaired) electrons. The van der Waals surface area contributed by atoms with Crippen molar-refractivity contribution in [2.24, 2.45) is 36.0 Å². The summed E-state index contributed by atoms with van der Waals surface area (Å²) in [6.45, 7) is 3.97. The highest BCUT2D eigenvalue weighted by molar-refractivity contribution is 5.88. The van der Waals surface area contributed by atoms with Gasteiger partial charge < -0.3 is 11.1 Å². The Morgan fingerprint density at radius 2 is 1.74 bits per heavy atom. The lowest BCUT2D eigenvalue weighted by molar-refractivity contribution is -0.148. The van der Waals surface area contributed by atoms with Crippen LogP contribution in [-0.2, 0) is 22.1 Å². The van der Waals surface area contributed by atoms with Crippen molar-refractivity contribution in [3.05, 3.63) is 42.1 Å². The number of primary amides is 1. The predicted molar refractivity (Wildman–Crippen MR) is 119 cm³/mol. The standard InChI is InChI=1S/C25H32N4O2/c1-24(2,19-6-4-16(5-7-19)20-8-9-29(3)28-20)23(31)27-21-17-10-15-11-18(21)14-25(12-15,13-17)22(26)30/h4-9,15,17-18,21H,10-14H2,1-3H3,(H2,26,30)(H,27,31). The third-order valence-corrected chi connectivity index (χ3v) is 8.28. The Labute approximate surface area is 183 Å². The lowest BCUT2D eigenvalue weighted by atomic mass is 9.47. The number of nitrogens with two attached hydrogens (primary N) is 1. The maximum absolute atomic E-state index is 13.4. The number of aryl methyl sites for hydroxylation is 1. The quantitative estimate of drug-likeness (QED) is 0.779. The second kappa shape index (κ2) is 6.94. The third-order valence-electron chi connectivity index (χ3n) is 8.28. The summed E-state index contributed by atoms with van der Waals surface area (Å²) in [5.41, 5.74) is 7.79. The van der Waals surface area contributed by atoms with Crippen LogP contribution in [0.15, 0.2) is 36.5 Å². The number of nitrogens with zero attached hydrogens (tertiary/aromatic N) is 2. The zero-order chi connectivity index (χ0) is 22.0. The topological polar surface area (TPSA) is 90.0 Å². The highest BCUT2D eigenvalue weighted by Crippen LogP contribution is 2.60. The normalized spacial score (nSPS) is 31.6. The molecule has 4 aliphatic carbocycles. The van der Waals surface area contributed by atoms with E-state index in [9.17, 15) is 9.59 Å². The van der Waals surface area contributed by atoms with Gasteiger partial charge in [-0.1, -0.05) is 24.3 Å². The van der Waals surface area contributed by atoms with Crippen LogP contribution in [0.2, 0.25) is 0 Å². The minimum atomic E-state index is -0.640. The zero-order valence-corrected chi connectivity index (χ0v) is 18.6. The average Bonchev–Trinajstić information content (AvgIpc) is 3.16. The molecule has 164 valence electrons. The van der Waals surface area contributed by atoms with E-state index in [-0.39, 0.29) is 23.3 Å². The minimum absolute atomic E-state index is 0.0590. The molecular formula is C25H32N4O2. The highest BCUT2D eigenvalue weighted by Gasteiger charge is 2.58. The number of hydrogen-bond acceptors (Lipinski definition) is 3. The van der Waals surface area contributed by atoms with Gasteiger partial charge in [0, 0.05) is 30.3 Å². The van der Waals surface area contributed by atoms with Crippen molar-refractivity contribution in [1.82, 2.24) is 15.1 Å². The molecule has 1 aromatic heterocycles. The lowest BCUT2D eigenvalue weighted by Crippen LogP contribution is -2.63. The molecule has 2 amide bonds. The van der Waals surface area contributed by atoms with Crippen LogP contribution in [0, 0.1) is 23.2 Å². The van der Waals surface area contributed by atoms with Gasteiger partial charge in [0.05, 0.1) is 11.1 Å². The molecule has 0 saturated heterocycles. The van der Waals surface area contributed by atoms with Crippen molar-refractivity contribution in [3.8, 4) is 11.3 Å². The summed E-state index contributed by atoms with van der Waals surface area (Å²) in [7, 11) is 1.90. The Balaban J connectivity index is 1.32. The number of benzene rings is 1. The fourth-order valence-corrected chi connectivity index (χ4v) is 6.65. The molecule has 6 heteroatoms. The van der Waals surface area contributed by atoms with Gasteiger partial charge in [-0.25, -0.2) is 0 Å². The molecular weight excluding hydrogens is 388 g/mol. The first kappa shape index (κ1) is 20.3. The van der Waals surface area contributed by atoms with Gasteiger partial charge in [0.2, 0.25) is 11.8 Å². The summed E-state index contributed by atoms with van der Waals surface area (Å²) in [5, 5.41) is 7.85. The first-order chi connectivity index (χ1) is 14.7. The summed E-state index contributed by atoms with van der Waals surface area (Å²) in [5.74, 6) is 1.24. The third kappa shape index (κ3) is 3.27. The van der Waals surface area contributed by atoms with Crippen LogP contribution in [-0.4, -0.2) is 27.6 Å². The molecule has 31 heavy (non-hydrogen) atoms. The minimum Gasteiger partial charge on any atom is -0.369 e. The van der Waals surface area contributed by atoms with Gasteiger partial charge in [-0.3, -0.25) is 14.3 Å². The number of rotatable bonds is 5. The van der Waals surface area contributed by atoms with E-state index in [1.807, 2.05) is 57.4 Å². The van der Waals surface area contributed by atoms with Crippen molar-refractivity contribution in [2.45, 2.75) is 57.4 Å². The highest BCUT2D eigenvalue weighted by atomic mass is 16.2. The van der Waals surface area contributed by atoms with E-state index in [0.29, 0.717) is 17.8 Å². The summed E-state index contributed by atoms with van der Waals surface area (Å²) >= 11 is 0. The molecule has 4 aliphatic rings. The smallest absolute Gasteiger partial charge is 0.230 e. The lowest BCUT2D eigenvalue weighted by Gasteiger charge is -2.59. The molecule has 3 N–H and O–H groups in total. The van der Waals surface area contributed by atoms with Gasteiger partial charge in [0.25, 0.3) is 0 Å².